The number of hydrogen-bond donors (Lipinski definition) is 2. The number of carbonyl (C=O) groups excluding carboxylic acids is 1. The topological polar surface area (TPSA) is 83.6 Å². The molecule has 0 bridgehead atoms. The minimum Gasteiger partial charge on any atom is -0.481 e. The van der Waals surface area contributed by atoms with Crippen molar-refractivity contribution in [2.24, 2.45) is 16.6 Å². The molecule has 1 saturated heterocycles. The highest BCUT2D eigenvalue weighted by molar-refractivity contribution is 5.78. The zero-order valence-electron chi connectivity index (χ0n) is 11.7. The zero-order valence-corrected chi connectivity index (χ0v) is 11.7. The Balaban J connectivity index is 1.87. The van der Waals surface area contributed by atoms with E-state index < -0.39 is 11.4 Å². The Bertz CT molecular complexity index is 363. The van der Waals surface area contributed by atoms with Crippen molar-refractivity contribution >= 4 is 11.9 Å². The summed E-state index contributed by atoms with van der Waals surface area (Å²) in [7, 11) is 0. The lowest BCUT2D eigenvalue weighted by Crippen LogP contribution is -2.48. The highest BCUT2D eigenvalue weighted by Crippen LogP contribution is 2.43. The normalized spacial score (nSPS) is 24.6. The summed E-state index contributed by atoms with van der Waals surface area (Å²) in [5, 5.41) is 9.17. The number of piperidine rings is 1. The molecular weight excluding hydrogens is 244 g/mol. The van der Waals surface area contributed by atoms with Crippen molar-refractivity contribution in [1.82, 2.24) is 4.90 Å². The molecule has 5 heteroatoms. The van der Waals surface area contributed by atoms with Crippen molar-refractivity contribution in [3.8, 4) is 0 Å². The van der Waals surface area contributed by atoms with Crippen LogP contribution in [0.15, 0.2) is 0 Å². The molecular formula is C14H24N2O3. The minimum absolute atomic E-state index is 0.0324. The van der Waals surface area contributed by atoms with E-state index in [2.05, 4.69) is 0 Å². The smallest absolute Gasteiger partial charge is 0.309 e. The number of rotatable bonds is 4. The van der Waals surface area contributed by atoms with Crippen LogP contribution < -0.4 is 5.73 Å². The van der Waals surface area contributed by atoms with E-state index in [1.54, 1.807) is 6.92 Å². The van der Waals surface area contributed by atoms with Gasteiger partial charge in [-0.2, -0.15) is 0 Å². The van der Waals surface area contributed by atoms with Gasteiger partial charge in [0.15, 0.2) is 0 Å². The molecule has 0 aromatic heterocycles. The molecule has 3 N–H and O–H groups in total. The molecule has 2 rings (SSSR count). The van der Waals surface area contributed by atoms with Gasteiger partial charge in [-0.1, -0.05) is 6.42 Å². The Labute approximate surface area is 114 Å². The average molecular weight is 268 g/mol. The Morgan fingerprint density at radius 2 is 1.79 bits per heavy atom. The van der Waals surface area contributed by atoms with E-state index in [1.165, 1.54) is 6.42 Å². The average Bonchev–Trinajstić information content (AvgIpc) is 2.34. The number of carboxylic acid groups (broad SMARTS) is 1. The van der Waals surface area contributed by atoms with Gasteiger partial charge in [-0.25, -0.2) is 0 Å². The monoisotopic (exact) mass is 268 g/mol. The van der Waals surface area contributed by atoms with Crippen LogP contribution in [-0.2, 0) is 9.59 Å². The maximum absolute atomic E-state index is 12.3. The molecule has 0 radical (unpaired) electrons. The predicted octanol–water partition coefficient (Wildman–Crippen LogP) is 1.22. The molecule has 0 aromatic rings. The van der Waals surface area contributed by atoms with Gasteiger partial charge in [-0.15, -0.1) is 0 Å². The molecule has 0 atom stereocenters. The van der Waals surface area contributed by atoms with Crippen molar-refractivity contribution in [2.75, 3.05) is 19.6 Å². The molecule has 1 saturated carbocycles. The quantitative estimate of drug-likeness (QED) is 0.803. The van der Waals surface area contributed by atoms with Crippen LogP contribution in [0.3, 0.4) is 0 Å². The molecule has 0 spiro atoms. The molecule has 0 aromatic carbocycles. The van der Waals surface area contributed by atoms with Crippen molar-refractivity contribution in [3.05, 3.63) is 0 Å². The van der Waals surface area contributed by atoms with E-state index in [4.69, 9.17) is 5.73 Å². The fourth-order valence-corrected chi connectivity index (χ4v) is 3.03. The fourth-order valence-electron chi connectivity index (χ4n) is 3.03. The third-order valence-electron chi connectivity index (χ3n) is 5.11. The number of likely N-dealkylation sites (tertiary alicyclic amines) is 1. The van der Waals surface area contributed by atoms with E-state index in [0.717, 1.165) is 12.8 Å². The van der Waals surface area contributed by atoms with Crippen LogP contribution in [-0.4, -0.2) is 41.5 Å². The maximum atomic E-state index is 12.3. The van der Waals surface area contributed by atoms with E-state index in [-0.39, 0.29) is 11.3 Å². The van der Waals surface area contributed by atoms with Crippen LogP contribution in [0.2, 0.25) is 0 Å². The van der Waals surface area contributed by atoms with Crippen molar-refractivity contribution in [2.45, 2.75) is 45.4 Å². The van der Waals surface area contributed by atoms with Gasteiger partial charge in [0.25, 0.3) is 0 Å². The van der Waals surface area contributed by atoms with Gasteiger partial charge in [-0.3, -0.25) is 9.59 Å². The molecule has 1 amide bonds. The van der Waals surface area contributed by atoms with Gasteiger partial charge in [-0.05, 0) is 44.6 Å². The van der Waals surface area contributed by atoms with Crippen LogP contribution in [0.4, 0.5) is 0 Å². The third-order valence-corrected chi connectivity index (χ3v) is 5.11. The van der Waals surface area contributed by atoms with E-state index >= 15 is 0 Å². The largest absolute Gasteiger partial charge is 0.481 e. The first kappa shape index (κ1) is 14.3. The first-order valence-electron chi connectivity index (χ1n) is 7.12. The van der Waals surface area contributed by atoms with Gasteiger partial charge < -0.3 is 15.7 Å². The number of nitrogens with two attached hydrogens (primary N) is 1. The summed E-state index contributed by atoms with van der Waals surface area (Å²) in [6.07, 6.45) is 4.90. The molecule has 19 heavy (non-hydrogen) atoms. The second-order valence-corrected chi connectivity index (χ2v) is 6.48. The molecule has 2 aliphatic rings. The van der Waals surface area contributed by atoms with Gasteiger partial charge in [0.1, 0.15) is 0 Å². The Morgan fingerprint density at radius 3 is 2.16 bits per heavy atom. The van der Waals surface area contributed by atoms with Crippen LogP contribution in [0, 0.1) is 10.8 Å². The summed E-state index contributed by atoms with van der Waals surface area (Å²) >= 11 is 0. The number of carboxylic acids is 1. The second-order valence-electron chi connectivity index (χ2n) is 6.48. The van der Waals surface area contributed by atoms with Gasteiger partial charge in [0.05, 0.1) is 5.41 Å². The minimum atomic E-state index is -0.753. The highest BCUT2D eigenvalue weighted by atomic mass is 16.4. The lowest BCUT2D eigenvalue weighted by molar-refractivity contribution is -0.153. The van der Waals surface area contributed by atoms with E-state index in [9.17, 15) is 14.7 Å². The van der Waals surface area contributed by atoms with Crippen LogP contribution >= 0.6 is 0 Å². The second kappa shape index (κ2) is 5.12. The first-order valence-corrected chi connectivity index (χ1v) is 7.12. The SMILES string of the molecule is CC1(C(=O)O)CCN(C(=O)CC2(CN)CCC2)CC1. The zero-order chi connectivity index (χ0) is 14.1. The number of carbonyl (C=O) groups is 2. The summed E-state index contributed by atoms with van der Waals surface area (Å²) in [6, 6.07) is 0. The lowest BCUT2D eigenvalue weighted by atomic mass is 9.66. The summed E-state index contributed by atoms with van der Waals surface area (Å²) in [4.78, 5) is 25.3. The molecule has 1 aliphatic heterocycles. The Hall–Kier alpha value is -1.10. The van der Waals surface area contributed by atoms with Gasteiger partial charge in [0.2, 0.25) is 5.91 Å². The number of hydrogen-bond acceptors (Lipinski definition) is 3. The number of amides is 1. The van der Waals surface area contributed by atoms with Crippen molar-refractivity contribution in [1.29, 1.82) is 0 Å². The lowest BCUT2D eigenvalue weighted by Gasteiger charge is -2.43. The molecule has 1 aliphatic carbocycles. The van der Waals surface area contributed by atoms with Gasteiger partial charge >= 0.3 is 5.97 Å². The summed E-state index contributed by atoms with van der Waals surface area (Å²) in [6.45, 7) is 3.47. The molecule has 108 valence electrons. The van der Waals surface area contributed by atoms with Gasteiger partial charge in [0, 0.05) is 19.5 Å². The van der Waals surface area contributed by atoms with Crippen LogP contribution in [0.1, 0.15) is 45.4 Å². The summed E-state index contributed by atoms with van der Waals surface area (Å²) < 4.78 is 0. The number of nitrogens with zero attached hydrogens (tertiary/aromatic N) is 1. The fraction of sp³-hybridized carbons (Fsp3) is 0.857. The van der Waals surface area contributed by atoms with Crippen molar-refractivity contribution in [3.63, 3.8) is 0 Å². The van der Waals surface area contributed by atoms with Crippen LogP contribution in [0.25, 0.3) is 0 Å². The standard InChI is InChI=1S/C14H24N2O3/c1-13(12(18)19)5-7-16(8-6-13)11(17)9-14(10-15)3-2-4-14/h2-10,15H2,1H3,(H,18,19). The molecule has 2 fully saturated rings. The third kappa shape index (κ3) is 2.76. The Kier molecular flexibility index (Phi) is 3.85. The highest BCUT2D eigenvalue weighted by Gasteiger charge is 2.41. The van der Waals surface area contributed by atoms with E-state index in [0.29, 0.717) is 38.9 Å². The summed E-state index contributed by atoms with van der Waals surface area (Å²) in [5.74, 6) is -0.602. The predicted molar refractivity (Wildman–Crippen MR) is 71.5 cm³/mol. The number of aliphatic carboxylic acids is 1. The molecule has 5 nitrogen and oxygen atoms in total. The maximum Gasteiger partial charge on any atom is 0.309 e. The summed E-state index contributed by atoms with van der Waals surface area (Å²) in [5.41, 5.74) is 5.15. The van der Waals surface area contributed by atoms with Crippen LogP contribution in [0.5, 0.6) is 0 Å². The Morgan fingerprint density at radius 1 is 1.21 bits per heavy atom. The van der Waals surface area contributed by atoms with Crippen molar-refractivity contribution < 1.29 is 14.7 Å². The molecule has 1 heterocycles. The molecule has 0 unspecified atom stereocenters. The first-order chi connectivity index (χ1) is 8.91. The van der Waals surface area contributed by atoms with E-state index in [1.807, 2.05) is 4.90 Å².